The van der Waals surface area contributed by atoms with Gasteiger partial charge >= 0.3 is 0 Å². The van der Waals surface area contributed by atoms with Crippen molar-refractivity contribution in [1.29, 1.82) is 0 Å². The van der Waals surface area contributed by atoms with Crippen LogP contribution >= 0.6 is 0 Å². The average Bonchev–Trinajstić information content (AvgIpc) is 2.87. The number of fused-ring (bicyclic) bond motifs is 1. The molecule has 2 heterocycles. The molecule has 1 aliphatic heterocycles. The van der Waals surface area contributed by atoms with Crippen LogP contribution in [0.4, 0.5) is 0 Å². The quantitative estimate of drug-likeness (QED) is 0.917. The van der Waals surface area contributed by atoms with Crippen LogP contribution in [0.25, 0.3) is 0 Å². The van der Waals surface area contributed by atoms with E-state index in [1.54, 1.807) is 0 Å². The summed E-state index contributed by atoms with van der Waals surface area (Å²) in [6.07, 6.45) is 3.96. The minimum Gasteiger partial charge on any atom is -0.321 e. The molecule has 0 spiro atoms. The van der Waals surface area contributed by atoms with Gasteiger partial charge in [-0.2, -0.15) is 5.10 Å². The van der Waals surface area contributed by atoms with Gasteiger partial charge in [-0.15, -0.1) is 0 Å². The van der Waals surface area contributed by atoms with Gasteiger partial charge in [0.25, 0.3) is 0 Å². The van der Waals surface area contributed by atoms with E-state index in [1.165, 1.54) is 5.56 Å². The van der Waals surface area contributed by atoms with Crippen molar-refractivity contribution in [2.45, 2.75) is 44.7 Å². The molecule has 0 saturated heterocycles. The normalized spacial score (nSPS) is 22.2. The monoisotopic (exact) mass is 256 g/mol. The number of nitrogens with two attached hydrogens (primary N) is 1. The van der Waals surface area contributed by atoms with Crippen LogP contribution in [0.5, 0.6) is 0 Å². The molecule has 1 aliphatic rings. The standard InChI is InChI=1S/C15H20N4/c1-11-7-9-13(16)15-17-14(18-19(11)15)10-8-12-5-3-2-4-6-12/h2-6,11,13H,7-10,16H2,1H3. The summed E-state index contributed by atoms with van der Waals surface area (Å²) in [7, 11) is 0. The van der Waals surface area contributed by atoms with E-state index in [2.05, 4.69) is 41.3 Å². The maximum absolute atomic E-state index is 6.11. The number of nitrogens with zero attached hydrogens (tertiary/aromatic N) is 3. The Hall–Kier alpha value is -1.68. The Morgan fingerprint density at radius 1 is 1.21 bits per heavy atom. The van der Waals surface area contributed by atoms with Crippen molar-refractivity contribution in [3.05, 3.63) is 47.5 Å². The summed E-state index contributed by atoms with van der Waals surface area (Å²) in [5.41, 5.74) is 7.43. The van der Waals surface area contributed by atoms with Crippen molar-refractivity contribution < 1.29 is 0 Å². The fraction of sp³-hybridized carbons (Fsp3) is 0.467. The van der Waals surface area contributed by atoms with Gasteiger partial charge in [0.15, 0.2) is 5.82 Å². The van der Waals surface area contributed by atoms with E-state index in [-0.39, 0.29) is 6.04 Å². The maximum atomic E-state index is 6.11. The van der Waals surface area contributed by atoms with Crippen LogP contribution in [0, 0.1) is 0 Å². The second-order valence-electron chi connectivity index (χ2n) is 5.35. The number of benzene rings is 1. The smallest absolute Gasteiger partial charge is 0.151 e. The van der Waals surface area contributed by atoms with Gasteiger partial charge in [-0.25, -0.2) is 9.67 Å². The van der Waals surface area contributed by atoms with Crippen molar-refractivity contribution >= 4 is 0 Å². The van der Waals surface area contributed by atoms with Crippen LogP contribution in [-0.4, -0.2) is 14.8 Å². The minimum absolute atomic E-state index is 0.0502. The van der Waals surface area contributed by atoms with Gasteiger partial charge in [-0.3, -0.25) is 0 Å². The lowest BCUT2D eigenvalue weighted by Gasteiger charge is -2.23. The highest BCUT2D eigenvalue weighted by molar-refractivity contribution is 5.15. The van der Waals surface area contributed by atoms with Crippen molar-refractivity contribution in [3.8, 4) is 0 Å². The molecule has 0 amide bonds. The molecule has 0 saturated carbocycles. The van der Waals surface area contributed by atoms with Gasteiger partial charge in [0.1, 0.15) is 5.82 Å². The summed E-state index contributed by atoms with van der Waals surface area (Å²) in [6.45, 7) is 2.19. The summed E-state index contributed by atoms with van der Waals surface area (Å²) in [5, 5.41) is 4.62. The van der Waals surface area contributed by atoms with Gasteiger partial charge in [-0.1, -0.05) is 30.3 Å². The molecule has 1 aromatic heterocycles. The van der Waals surface area contributed by atoms with Crippen molar-refractivity contribution in [2.24, 2.45) is 5.73 Å². The highest BCUT2D eigenvalue weighted by atomic mass is 15.4. The van der Waals surface area contributed by atoms with E-state index >= 15 is 0 Å². The molecule has 4 nitrogen and oxygen atoms in total. The Morgan fingerprint density at radius 2 is 2.00 bits per heavy atom. The zero-order chi connectivity index (χ0) is 13.2. The third-order valence-corrected chi connectivity index (χ3v) is 3.83. The molecule has 1 aromatic carbocycles. The second kappa shape index (κ2) is 5.13. The van der Waals surface area contributed by atoms with Gasteiger partial charge in [0, 0.05) is 6.42 Å². The molecule has 2 aromatic rings. The minimum atomic E-state index is 0.0502. The number of aryl methyl sites for hydroxylation is 2. The number of hydrogen-bond donors (Lipinski definition) is 1. The zero-order valence-electron chi connectivity index (χ0n) is 11.3. The molecular weight excluding hydrogens is 236 g/mol. The largest absolute Gasteiger partial charge is 0.321 e. The van der Waals surface area contributed by atoms with Gasteiger partial charge in [-0.05, 0) is 31.7 Å². The van der Waals surface area contributed by atoms with E-state index in [0.717, 1.165) is 37.3 Å². The highest BCUT2D eigenvalue weighted by Gasteiger charge is 2.25. The van der Waals surface area contributed by atoms with Crippen molar-refractivity contribution in [3.63, 3.8) is 0 Å². The first-order valence-corrected chi connectivity index (χ1v) is 6.99. The molecule has 4 heteroatoms. The molecule has 100 valence electrons. The summed E-state index contributed by atoms with van der Waals surface area (Å²) in [5.74, 6) is 1.88. The fourth-order valence-corrected chi connectivity index (χ4v) is 2.64. The topological polar surface area (TPSA) is 56.7 Å². The molecule has 19 heavy (non-hydrogen) atoms. The van der Waals surface area contributed by atoms with Crippen LogP contribution in [0.3, 0.4) is 0 Å². The summed E-state index contributed by atoms with van der Waals surface area (Å²) in [4.78, 5) is 4.62. The first kappa shape index (κ1) is 12.4. The third kappa shape index (κ3) is 2.54. The SMILES string of the molecule is CC1CCC(N)c2nc(CCc3ccccc3)nn21. The molecular formula is C15H20N4. The molecule has 2 atom stereocenters. The number of rotatable bonds is 3. The van der Waals surface area contributed by atoms with Gasteiger partial charge in [0.05, 0.1) is 12.1 Å². The molecule has 0 fully saturated rings. The van der Waals surface area contributed by atoms with E-state index in [9.17, 15) is 0 Å². The molecule has 2 N–H and O–H groups in total. The van der Waals surface area contributed by atoms with Crippen LogP contribution in [0.15, 0.2) is 30.3 Å². The Labute approximate surface area is 113 Å². The van der Waals surface area contributed by atoms with Crippen LogP contribution in [0.2, 0.25) is 0 Å². The predicted molar refractivity (Wildman–Crippen MR) is 74.7 cm³/mol. The zero-order valence-corrected chi connectivity index (χ0v) is 11.3. The van der Waals surface area contributed by atoms with E-state index < -0.39 is 0 Å². The maximum Gasteiger partial charge on any atom is 0.151 e. The van der Waals surface area contributed by atoms with Crippen LogP contribution in [0.1, 0.15) is 49.1 Å². The lowest BCUT2D eigenvalue weighted by atomic mass is 10.0. The van der Waals surface area contributed by atoms with Crippen LogP contribution < -0.4 is 5.73 Å². The lowest BCUT2D eigenvalue weighted by Crippen LogP contribution is -2.25. The third-order valence-electron chi connectivity index (χ3n) is 3.83. The van der Waals surface area contributed by atoms with Gasteiger partial charge in [0.2, 0.25) is 0 Å². The average molecular weight is 256 g/mol. The fourth-order valence-electron chi connectivity index (χ4n) is 2.64. The molecule has 3 rings (SSSR count). The Kier molecular flexibility index (Phi) is 3.34. The Bertz CT molecular complexity index is 519. The van der Waals surface area contributed by atoms with E-state index in [4.69, 9.17) is 5.73 Å². The second-order valence-corrected chi connectivity index (χ2v) is 5.35. The molecule has 0 bridgehead atoms. The number of hydrogen-bond acceptors (Lipinski definition) is 3. The molecule has 2 unspecified atom stereocenters. The molecule has 0 aliphatic carbocycles. The van der Waals surface area contributed by atoms with Crippen molar-refractivity contribution in [1.82, 2.24) is 14.8 Å². The lowest BCUT2D eigenvalue weighted by molar-refractivity contribution is 0.349. The predicted octanol–water partition coefficient (Wildman–Crippen LogP) is 2.42. The summed E-state index contributed by atoms with van der Waals surface area (Å²) >= 11 is 0. The van der Waals surface area contributed by atoms with E-state index in [0.29, 0.717) is 6.04 Å². The Morgan fingerprint density at radius 3 is 2.74 bits per heavy atom. The highest BCUT2D eigenvalue weighted by Crippen LogP contribution is 2.28. The van der Waals surface area contributed by atoms with E-state index in [1.807, 2.05) is 10.7 Å². The number of aromatic nitrogens is 3. The van der Waals surface area contributed by atoms with Crippen molar-refractivity contribution in [2.75, 3.05) is 0 Å². The Balaban J connectivity index is 1.74. The first-order chi connectivity index (χ1) is 9.24. The first-order valence-electron chi connectivity index (χ1n) is 6.99. The molecule has 0 radical (unpaired) electrons. The summed E-state index contributed by atoms with van der Waals surface area (Å²) < 4.78 is 2.02. The van der Waals surface area contributed by atoms with Gasteiger partial charge < -0.3 is 5.73 Å². The van der Waals surface area contributed by atoms with Crippen LogP contribution in [-0.2, 0) is 12.8 Å². The summed E-state index contributed by atoms with van der Waals surface area (Å²) in [6, 6.07) is 10.9.